The summed E-state index contributed by atoms with van der Waals surface area (Å²) in [4.78, 5) is 8.33. The van der Waals surface area contributed by atoms with Gasteiger partial charge in [0, 0.05) is 29.6 Å². The summed E-state index contributed by atoms with van der Waals surface area (Å²) in [6.45, 7) is 0.688. The third-order valence-electron chi connectivity index (χ3n) is 4.67. The molecule has 2 heterocycles. The van der Waals surface area contributed by atoms with Gasteiger partial charge in [-0.15, -0.1) is 0 Å². The average molecular weight is 365 g/mol. The first-order chi connectivity index (χ1) is 12.2. The van der Waals surface area contributed by atoms with Crippen molar-refractivity contribution in [3.8, 4) is 11.4 Å². The highest BCUT2D eigenvalue weighted by molar-refractivity contribution is 5.81. The molecule has 1 N–H and O–H groups in total. The van der Waals surface area contributed by atoms with Gasteiger partial charge >= 0.3 is 6.18 Å². The summed E-state index contributed by atoms with van der Waals surface area (Å²) in [5.74, 6) is 0.0122. The molecule has 1 unspecified atom stereocenters. The first-order valence-electron chi connectivity index (χ1n) is 8.11. The van der Waals surface area contributed by atoms with Crippen LogP contribution < -0.4 is 0 Å². The summed E-state index contributed by atoms with van der Waals surface area (Å²) >= 11 is 0. The smallest absolute Gasteiger partial charge is 0.376 e. The van der Waals surface area contributed by atoms with E-state index in [0.29, 0.717) is 29.3 Å². The number of benzene rings is 1. The second-order valence-electron chi connectivity index (χ2n) is 6.70. The molecule has 0 saturated heterocycles. The molecular formula is C18H15F4N3O. The Balaban J connectivity index is 1.89. The van der Waals surface area contributed by atoms with Gasteiger partial charge in [0.05, 0.1) is 11.0 Å². The maximum Gasteiger partial charge on any atom is 0.421 e. The van der Waals surface area contributed by atoms with Crippen molar-refractivity contribution in [1.29, 1.82) is 0 Å². The predicted molar refractivity (Wildman–Crippen MR) is 86.8 cm³/mol. The number of imidazole rings is 1. The third kappa shape index (κ3) is 2.65. The molecule has 0 bridgehead atoms. The first-order valence-corrected chi connectivity index (χ1v) is 8.11. The number of fused-ring (bicyclic) bond motifs is 1. The summed E-state index contributed by atoms with van der Waals surface area (Å²) in [7, 11) is 0. The van der Waals surface area contributed by atoms with Crippen molar-refractivity contribution >= 4 is 11.0 Å². The lowest BCUT2D eigenvalue weighted by atomic mass is 9.96. The van der Waals surface area contributed by atoms with E-state index in [-0.39, 0.29) is 11.6 Å². The van der Waals surface area contributed by atoms with Crippen LogP contribution in [0, 0.1) is 5.82 Å². The van der Waals surface area contributed by atoms with Crippen molar-refractivity contribution in [2.45, 2.75) is 37.6 Å². The van der Waals surface area contributed by atoms with Gasteiger partial charge in [0.2, 0.25) is 0 Å². The van der Waals surface area contributed by atoms with Crippen molar-refractivity contribution in [2.75, 3.05) is 0 Å². The van der Waals surface area contributed by atoms with Crippen LogP contribution in [-0.4, -0.2) is 25.8 Å². The maximum absolute atomic E-state index is 13.7. The number of alkyl halides is 3. The van der Waals surface area contributed by atoms with Crippen molar-refractivity contribution < 1.29 is 22.7 Å². The van der Waals surface area contributed by atoms with E-state index in [1.165, 1.54) is 30.5 Å². The monoisotopic (exact) mass is 365 g/mol. The van der Waals surface area contributed by atoms with Gasteiger partial charge in [0.25, 0.3) is 0 Å². The van der Waals surface area contributed by atoms with E-state index in [2.05, 4.69) is 9.97 Å². The minimum absolute atomic E-state index is 0.128. The Bertz CT molecular complexity index is 990. The highest BCUT2D eigenvalue weighted by Crippen LogP contribution is 2.43. The zero-order chi connectivity index (χ0) is 18.7. The highest BCUT2D eigenvalue weighted by atomic mass is 19.4. The molecule has 4 nitrogen and oxygen atoms in total. The summed E-state index contributed by atoms with van der Waals surface area (Å²) < 4.78 is 54.9. The van der Waals surface area contributed by atoms with Gasteiger partial charge in [-0.05, 0) is 44.0 Å². The predicted octanol–water partition coefficient (Wildman–Crippen LogP) is 4.34. The Morgan fingerprint density at radius 1 is 1.15 bits per heavy atom. The number of nitrogens with zero attached hydrogens (tertiary/aromatic N) is 3. The number of hydrogen-bond donors (Lipinski definition) is 1. The summed E-state index contributed by atoms with van der Waals surface area (Å²) in [5, 5.41) is 9.92. The van der Waals surface area contributed by atoms with Gasteiger partial charge in [-0.2, -0.15) is 13.2 Å². The Kier molecular flexibility index (Phi) is 3.59. The molecule has 1 aliphatic carbocycles. The second kappa shape index (κ2) is 5.51. The Morgan fingerprint density at radius 3 is 2.54 bits per heavy atom. The van der Waals surface area contributed by atoms with E-state index < -0.39 is 17.6 Å². The molecule has 3 aromatic rings. The molecule has 0 spiro atoms. The number of halogens is 4. The fourth-order valence-corrected chi connectivity index (χ4v) is 2.96. The molecule has 1 aliphatic rings. The van der Waals surface area contributed by atoms with E-state index in [9.17, 15) is 22.7 Å². The topological polar surface area (TPSA) is 50.9 Å². The van der Waals surface area contributed by atoms with Crippen LogP contribution in [0.5, 0.6) is 0 Å². The van der Waals surface area contributed by atoms with Gasteiger partial charge in [0.1, 0.15) is 11.6 Å². The Labute approximate surface area is 146 Å². The van der Waals surface area contributed by atoms with Crippen molar-refractivity contribution in [3.05, 3.63) is 48.0 Å². The first kappa shape index (κ1) is 17.0. The molecule has 0 aliphatic heterocycles. The molecular weight excluding hydrogens is 350 g/mol. The van der Waals surface area contributed by atoms with Gasteiger partial charge in [0.15, 0.2) is 5.60 Å². The van der Waals surface area contributed by atoms with E-state index in [1.807, 2.05) is 4.57 Å². The third-order valence-corrected chi connectivity index (χ3v) is 4.67. The molecule has 1 fully saturated rings. The van der Waals surface area contributed by atoms with Crippen LogP contribution >= 0.6 is 0 Å². The van der Waals surface area contributed by atoms with Crippen LogP contribution in [0.2, 0.25) is 0 Å². The number of hydrogen-bond acceptors (Lipinski definition) is 3. The molecule has 0 amide bonds. The minimum atomic E-state index is -4.84. The normalized spacial score (nSPS) is 17.5. The molecule has 2 aromatic heterocycles. The van der Waals surface area contributed by atoms with Gasteiger partial charge in [-0.3, -0.25) is 4.98 Å². The molecule has 136 valence electrons. The summed E-state index contributed by atoms with van der Waals surface area (Å²) in [6, 6.07) is 5.56. The molecule has 8 heteroatoms. The lowest BCUT2D eigenvalue weighted by Crippen LogP contribution is -2.39. The molecule has 1 atom stereocenters. The lowest BCUT2D eigenvalue weighted by molar-refractivity contribution is -0.259. The zero-order valence-electron chi connectivity index (χ0n) is 13.8. The molecule has 4 rings (SSSR count). The number of rotatable bonds is 3. The van der Waals surface area contributed by atoms with Gasteiger partial charge in [-0.25, -0.2) is 9.37 Å². The van der Waals surface area contributed by atoms with Gasteiger partial charge in [-0.1, -0.05) is 0 Å². The van der Waals surface area contributed by atoms with Crippen LogP contribution in [0.4, 0.5) is 17.6 Å². The van der Waals surface area contributed by atoms with Crippen molar-refractivity contribution in [3.63, 3.8) is 0 Å². The maximum atomic E-state index is 13.7. The highest BCUT2D eigenvalue weighted by Gasteiger charge is 2.51. The SMILES string of the molecule is CC(O)(c1cncc(-c2nc3ccc(F)cc3n2C2CC2)c1)C(F)(F)F. The van der Waals surface area contributed by atoms with E-state index in [0.717, 1.165) is 19.0 Å². The number of pyridine rings is 1. The Hall–Kier alpha value is -2.48. The lowest BCUT2D eigenvalue weighted by Gasteiger charge is -2.26. The van der Waals surface area contributed by atoms with Crippen LogP contribution in [0.1, 0.15) is 31.4 Å². The van der Waals surface area contributed by atoms with E-state index >= 15 is 0 Å². The van der Waals surface area contributed by atoms with E-state index in [4.69, 9.17) is 0 Å². The van der Waals surface area contributed by atoms with Crippen LogP contribution in [0.25, 0.3) is 22.4 Å². The van der Waals surface area contributed by atoms with Crippen LogP contribution in [0.15, 0.2) is 36.7 Å². The largest absolute Gasteiger partial charge is 0.421 e. The van der Waals surface area contributed by atoms with Crippen LogP contribution in [-0.2, 0) is 5.60 Å². The molecule has 1 saturated carbocycles. The number of aromatic nitrogens is 3. The summed E-state index contributed by atoms with van der Waals surface area (Å²) in [5.41, 5.74) is -1.91. The fourth-order valence-electron chi connectivity index (χ4n) is 2.96. The number of aliphatic hydroxyl groups is 1. The minimum Gasteiger partial charge on any atom is -0.376 e. The molecule has 0 radical (unpaired) electrons. The van der Waals surface area contributed by atoms with E-state index in [1.54, 1.807) is 0 Å². The zero-order valence-corrected chi connectivity index (χ0v) is 13.8. The second-order valence-corrected chi connectivity index (χ2v) is 6.70. The molecule has 26 heavy (non-hydrogen) atoms. The quantitative estimate of drug-likeness (QED) is 0.703. The van der Waals surface area contributed by atoms with Crippen molar-refractivity contribution in [2.24, 2.45) is 0 Å². The average Bonchev–Trinajstić information content (AvgIpc) is 3.34. The Morgan fingerprint density at radius 2 is 1.88 bits per heavy atom. The standard InChI is InChI=1S/C18H15F4N3O/c1-17(26,18(20,21)22)11-6-10(8-23-9-11)16-24-14-5-2-12(19)7-15(14)25(16)13-3-4-13/h2,5-9,13,26H,3-4H2,1H3. The van der Waals surface area contributed by atoms with Crippen LogP contribution in [0.3, 0.4) is 0 Å². The fraction of sp³-hybridized carbons (Fsp3) is 0.333. The summed E-state index contributed by atoms with van der Waals surface area (Å²) in [6.07, 6.45) is -0.676. The molecule has 1 aromatic carbocycles. The van der Waals surface area contributed by atoms with Gasteiger partial charge < -0.3 is 9.67 Å². The van der Waals surface area contributed by atoms with Crippen molar-refractivity contribution in [1.82, 2.24) is 14.5 Å².